The number of rotatable bonds is 7. The van der Waals surface area contributed by atoms with E-state index in [1.165, 1.54) is 19.2 Å². The largest absolute Gasteiger partial charge is 0.497 e. The maximum atomic E-state index is 12.7. The van der Waals surface area contributed by atoms with Crippen molar-refractivity contribution < 1.29 is 32.6 Å². The molecule has 0 saturated heterocycles. The number of carbonyl (C=O) groups is 2. The van der Waals surface area contributed by atoms with Crippen molar-refractivity contribution in [2.45, 2.75) is 25.1 Å². The van der Waals surface area contributed by atoms with E-state index in [2.05, 4.69) is 5.32 Å². The fourth-order valence-electron chi connectivity index (χ4n) is 2.52. The number of nitrogens with one attached hydrogen (secondary N) is 1. The van der Waals surface area contributed by atoms with Crippen LogP contribution in [0.4, 0.5) is 13.2 Å². The van der Waals surface area contributed by atoms with Crippen LogP contribution in [0.3, 0.4) is 0 Å². The molecule has 2 rings (SSSR count). The molecule has 0 fully saturated rings. The zero-order valence-corrected chi connectivity index (χ0v) is 14.4. The summed E-state index contributed by atoms with van der Waals surface area (Å²) in [7, 11) is 1.48. The number of alkyl halides is 3. The van der Waals surface area contributed by atoms with Crippen LogP contribution < -0.4 is 10.1 Å². The van der Waals surface area contributed by atoms with E-state index in [9.17, 15) is 27.9 Å². The molecule has 0 unspecified atom stereocenters. The lowest BCUT2D eigenvalue weighted by Crippen LogP contribution is -2.43. The summed E-state index contributed by atoms with van der Waals surface area (Å²) < 4.78 is 43.3. The highest BCUT2D eigenvalue weighted by Crippen LogP contribution is 2.29. The number of carbonyl (C=O) groups excluding carboxylic acids is 1. The quantitative estimate of drug-likeness (QED) is 0.773. The van der Waals surface area contributed by atoms with Crippen LogP contribution in [0, 0.1) is 0 Å². The summed E-state index contributed by atoms with van der Waals surface area (Å²) in [5, 5.41) is 11.7. The smallest absolute Gasteiger partial charge is 0.416 e. The van der Waals surface area contributed by atoms with E-state index < -0.39 is 29.7 Å². The normalized spacial score (nSPS) is 12.3. The average Bonchev–Trinajstić information content (AvgIpc) is 2.60. The molecular formula is C19H18F3NO4. The first-order valence-electron chi connectivity index (χ1n) is 8.00. The van der Waals surface area contributed by atoms with Crippen molar-refractivity contribution in [1.82, 2.24) is 5.32 Å². The average molecular weight is 381 g/mol. The monoisotopic (exact) mass is 381 g/mol. The van der Waals surface area contributed by atoms with Crippen LogP contribution in [-0.2, 0) is 28.6 Å². The Bertz CT molecular complexity index is 821. The lowest BCUT2D eigenvalue weighted by atomic mass is 10.0. The summed E-state index contributed by atoms with van der Waals surface area (Å²) in [6.45, 7) is 0. The lowest BCUT2D eigenvalue weighted by molar-refractivity contribution is -0.141. The third-order valence-electron chi connectivity index (χ3n) is 3.83. The topological polar surface area (TPSA) is 75.6 Å². The summed E-state index contributed by atoms with van der Waals surface area (Å²) in [4.78, 5) is 23.6. The second-order valence-electron chi connectivity index (χ2n) is 5.89. The minimum absolute atomic E-state index is 0.0147. The summed E-state index contributed by atoms with van der Waals surface area (Å²) in [6.07, 6.45) is -4.85. The summed E-state index contributed by atoms with van der Waals surface area (Å²) in [6, 6.07) is 9.88. The Kier molecular flexibility index (Phi) is 6.44. The van der Waals surface area contributed by atoms with Gasteiger partial charge >= 0.3 is 12.1 Å². The first-order valence-corrected chi connectivity index (χ1v) is 8.00. The predicted molar refractivity (Wildman–Crippen MR) is 91.4 cm³/mol. The van der Waals surface area contributed by atoms with Gasteiger partial charge in [0.15, 0.2) is 0 Å². The van der Waals surface area contributed by atoms with E-state index in [-0.39, 0.29) is 18.4 Å². The Balaban J connectivity index is 2.06. The van der Waals surface area contributed by atoms with Crippen LogP contribution in [0.1, 0.15) is 16.7 Å². The molecule has 0 aromatic heterocycles. The van der Waals surface area contributed by atoms with Crippen molar-refractivity contribution in [3.63, 3.8) is 0 Å². The number of hydrogen-bond donors (Lipinski definition) is 2. The molecule has 2 aromatic rings. The molecule has 0 radical (unpaired) electrons. The Labute approximate surface area is 153 Å². The third-order valence-corrected chi connectivity index (χ3v) is 3.83. The van der Waals surface area contributed by atoms with Crippen LogP contribution in [0.5, 0.6) is 5.75 Å². The molecule has 27 heavy (non-hydrogen) atoms. The van der Waals surface area contributed by atoms with Gasteiger partial charge in [-0.2, -0.15) is 13.2 Å². The Morgan fingerprint density at radius 2 is 1.78 bits per heavy atom. The van der Waals surface area contributed by atoms with Gasteiger partial charge in [0, 0.05) is 6.42 Å². The van der Waals surface area contributed by atoms with E-state index in [1.807, 2.05) is 0 Å². The van der Waals surface area contributed by atoms with Crippen LogP contribution in [0.2, 0.25) is 0 Å². The number of carboxylic acids is 1. The van der Waals surface area contributed by atoms with Crippen molar-refractivity contribution in [2.24, 2.45) is 0 Å². The standard InChI is InChI=1S/C19H18F3NO4/c1-27-15-7-3-5-13(9-15)10-16(18(25)26)23-17(24)11-12-4-2-6-14(8-12)19(20,21)22/h2-9,16H,10-11H2,1H3,(H,23,24)(H,25,26)/t16-/m1/s1. The second-order valence-corrected chi connectivity index (χ2v) is 5.89. The highest BCUT2D eigenvalue weighted by molar-refractivity contribution is 5.85. The van der Waals surface area contributed by atoms with E-state index in [0.29, 0.717) is 11.3 Å². The van der Waals surface area contributed by atoms with Crippen molar-refractivity contribution in [1.29, 1.82) is 0 Å². The molecule has 0 heterocycles. The molecular weight excluding hydrogens is 363 g/mol. The van der Waals surface area contributed by atoms with Crippen LogP contribution >= 0.6 is 0 Å². The maximum absolute atomic E-state index is 12.7. The number of aliphatic carboxylic acids is 1. The molecule has 0 spiro atoms. The number of ether oxygens (including phenoxy) is 1. The summed E-state index contributed by atoms with van der Waals surface area (Å²) in [5.41, 5.74) is -0.0760. The van der Waals surface area contributed by atoms with E-state index >= 15 is 0 Å². The minimum atomic E-state index is -4.51. The summed E-state index contributed by atoms with van der Waals surface area (Å²) in [5.74, 6) is -1.37. The molecule has 0 saturated carbocycles. The fraction of sp³-hybridized carbons (Fsp3) is 0.263. The molecule has 144 valence electrons. The summed E-state index contributed by atoms with van der Waals surface area (Å²) >= 11 is 0. The Morgan fingerprint density at radius 1 is 1.11 bits per heavy atom. The predicted octanol–water partition coefficient (Wildman–Crippen LogP) is 3.07. The molecule has 8 heteroatoms. The van der Waals surface area contributed by atoms with Gasteiger partial charge in [-0.05, 0) is 29.3 Å². The molecule has 1 amide bonds. The molecule has 0 aliphatic carbocycles. The van der Waals surface area contributed by atoms with Crippen LogP contribution in [0.15, 0.2) is 48.5 Å². The molecule has 2 N–H and O–H groups in total. The highest BCUT2D eigenvalue weighted by Gasteiger charge is 2.30. The van der Waals surface area contributed by atoms with Gasteiger partial charge in [0.25, 0.3) is 0 Å². The van der Waals surface area contributed by atoms with Gasteiger partial charge in [-0.15, -0.1) is 0 Å². The highest BCUT2D eigenvalue weighted by atomic mass is 19.4. The van der Waals surface area contributed by atoms with Gasteiger partial charge in [0.05, 0.1) is 19.1 Å². The third kappa shape index (κ3) is 6.02. The van der Waals surface area contributed by atoms with Crippen molar-refractivity contribution in [2.75, 3.05) is 7.11 Å². The van der Waals surface area contributed by atoms with Gasteiger partial charge in [0.1, 0.15) is 11.8 Å². The van der Waals surface area contributed by atoms with Gasteiger partial charge in [-0.25, -0.2) is 4.79 Å². The number of benzene rings is 2. The maximum Gasteiger partial charge on any atom is 0.416 e. The number of amides is 1. The number of halogens is 3. The van der Waals surface area contributed by atoms with Gasteiger partial charge in [-0.3, -0.25) is 4.79 Å². The second kappa shape index (κ2) is 8.57. The molecule has 0 bridgehead atoms. The van der Waals surface area contributed by atoms with Gasteiger partial charge < -0.3 is 15.2 Å². The van der Waals surface area contributed by atoms with Crippen LogP contribution in [0.25, 0.3) is 0 Å². The number of hydrogen-bond acceptors (Lipinski definition) is 3. The van der Waals surface area contributed by atoms with E-state index in [1.54, 1.807) is 24.3 Å². The SMILES string of the molecule is COc1cccc(C[C@@H](NC(=O)Cc2cccc(C(F)(F)F)c2)C(=O)O)c1. The zero-order valence-electron chi connectivity index (χ0n) is 14.4. The van der Waals surface area contributed by atoms with Gasteiger partial charge in [-0.1, -0.05) is 30.3 Å². The first-order chi connectivity index (χ1) is 12.7. The first kappa shape index (κ1) is 20.3. The Morgan fingerprint density at radius 3 is 2.41 bits per heavy atom. The van der Waals surface area contributed by atoms with E-state index in [0.717, 1.165) is 12.1 Å². The zero-order chi connectivity index (χ0) is 20.0. The van der Waals surface area contributed by atoms with Crippen molar-refractivity contribution in [3.05, 3.63) is 65.2 Å². The van der Waals surface area contributed by atoms with Crippen molar-refractivity contribution in [3.8, 4) is 5.75 Å². The lowest BCUT2D eigenvalue weighted by Gasteiger charge is -2.15. The molecule has 2 aromatic carbocycles. The molecule has 5 nitrogen and oxygen atoms in total. The van der Waals surface area contributed by atoms with E-state index in [4.69, 9.17) is 4.74 Å². The molecule has 1 atom stereocenters. The Hall–Kier alpha value is -3.03. The van der Waals surface area contributed by atoms with Crippen LogP contribution in [-0.4, -0.2) is 30.1 Å². The molecule has 0 aliphatic rings. The minimum Gasteiger partial charge on any atom is -0.497 e. The number of carboxylic acid groups (broad SMARTS) is 1. The number of methoxy groups -OCH3 is 1. The fourth-order valence-corrected chi connectivity index (χ4v) is 2.52. The molecule has 0 aliphatic heterocycles. The van der Waals surface area contributed by atoms with Crippen molar-refractivity contribution >= 4 is 11.9 Å². The van der Waals surface area contributed by atoms with Gasteiger partial charge in [0.2, 0.25) is 5.91 Å².